The van der Waals surface area contributed by atoms with E-state index in [-0.39, 0.29) is 11.9 Å². The first-order valence-corrected chi connectivity index (χ1v) is 6.69. The molecular formula is C15H20N2O2. The van der Waals surface area contributed by atoms with Crippen LogP contribution in [0, 0.1) is 0 Å². The molecule has 0 radical (unpaired) electrons. The van der Waals surface area contributed by atoms with Crippen molar-refractivity contribution in [3.05, 3.63) is 35.9 Å². The quantitative estimate of drug-likeness (QED) is 0.646. The first-order chi connectivity index (χ1) is 9.22. The van der Waals surface area contributed by atoms with Crippen LogP contribution in [-0.4, -0.2) is 18.6 Å². The van der Waals surface area contributed by atoms with Gasteiger partial charge in [0.1, 0.15) is 0 Å². The number of allylic oxidation sites excluding steroid dienone is 1. The van der Waals surface area contributed by atoms with Crippen molar-refractivity contribution in [1.82, 2.24) is 5.32 Å². The molecule has 4 nitrogen and oxygen atoms in total. The van der Waals surface area contributed by atoms with Crippen LogP contribution < -0.4 is 15.8 Å². The monoisotopic (exact) mass is 260 g/mol. The fraction of sp³-hybridized carbons (Fsp3) is 0.400. The Morgan fingerprint density at radius 2 is 2.32 bits per heavy atom. The van der Waals surface area contributed by atoms with Gasteiger partial charge >= 0.3 is 0 Å². The van der Waals surface area contributed by atoms with Crippen molar-refractivity contribution >= 4 is 11.6 Å². The molecule has 0 bridgehead atoms. The van der Waals surface area contributed by atoms with Crippen molar-refractivity contribution in [3.63, 3.8) is 0 Å². The van der Waals surface area contributed by atoms with Crippen LogP contribution in [0.25, 0.3) is 0 Å². The molecule has 0 fully saturated rings. The van der Waals surface area contributed by atoms with Gasteiger partial charge in [-0.3, -0.25) is 4.79 Å². The minimum Gasteiger partial charge on any atom is -0.491 e. The van der Waals surface area contributed by atoms with Crippen LogP contribution in [0.2, 0.25) is 0 Å². The molecule has 0 saturated heterocycles. The van der Waals surface area contributed by atoms with Gasteiger partial charge in [0.15, 0.2) is 5.75 Å². The van der Waals surface area contributed by atoms with E-state index in [1.54, 1.807) is 18.2 Å². The van der Waals surface area contributed by atoms with Crippen molar-refractivity contribution in [1.29, 1.82) is 0 Å². The summed E-state index contributed by atoms with van der Waals surface area (Å²) in [5.74, 6) is 0.366. The highest BCUT2D eigenvalue weighted by atomic mass is 16.5. The number of ether oxygens (including phenoxy) is 1. The maximum absolute atomic E-state index is 12.3. The zero-order valence-electron chi connectivity index (χ0n) is 11.2. The predicted molar refractivity (Wildman–Crippen MR) is 76.3 cm³/mol. The Hall–Kier alpha value is -1.97. The number of nitrogens with one attached hydrogen (secondary N) is 1. The number of carbonyl (C=O) groups excluding carboxylic acids is 1. The molecule has 0 aliphatic heterocycles. The largest absolute Gasteiger partial charge is 0.491 e. The van der Waals surface area contributed by atoms with Crippen LogP contribution >= 0.6 is 0 Å². The van der Waals surface area contributed by atoms with E-state index >= 15 is 0 Å². The molecule has 1 aliphatic rings. The first-order valence-electron chi connectivity index (χ1n) is 6.69. The second-order valence-corrected chi connectivity index (χ2v) is 4.61. The van der Waals surface area contributed by atoms with Gasteiger partial charge in [-0.25, -0.2) is 0 Å². The Labute approximate surface area is 113 Å². The second-order valence-electron chi connectivity index (χ2n) is 4.61. The van der Waals surface area contributed by atoms with Gasteiger partial charge in [0.25, 0.3) is 5.91 Å². The number of carbonyl (C=O) groups is 1. The van der Waals surface area contributed by atoms with E-state index in [9.17, 15) is 4.79 Å². The average Bonchev–Trinajstić information content (AvgIpc) is 2.42. The van der Waals surface area contributed by atoms with Gasteiger partial charge < -0.3 is 15.8 Å². The minimum atomic E-state index is -0.115. The van der Waals surface area contributed by atoms with Crippen molar-refractivity contribution in [2.75, 3.05) is 12.3 Å². The standard InChI is InChI=1S/C15H20N2O2/c1-2-19-14-12(9-6-10-13(14)16)15(18)17-11-7-4-3-5-8-11/h3-4,6,9-11H,2,5,7-8,16H2,1H3,(H,17,18). The molecule has 1 aliphatic carbocycles. The molecule has 4 heteroatoms. The molecule has 1 amide bonds. The van der Waals surface area contributed by atoms with E-state index in [0.29, 0.717) is 23.6 Å². The van der Waals surface area contributed by atoms with Crippen molar-refractivity contribution < 1.29 is 9.53 Å². The summed E-state index contributed by atoms with van der Waals surface area (Å²) in [7, 11) is 0. The van der Waals surface area contributed by atoms with Crippen LogP contribution in [0.5, 0.6) is 5.75 Å². The number of benzene rings is 1. The van der Waals surface area contributed by atoms with E-state index < -0.39 is 0 Å². The number of para-hydroxylation sites is 1. The number of nitrogen functional groups attached to an aromatic ring is 1. The lowest BCUT2D eigenvalue weighted by molar-refractivity contribution is 0.0931. The lowest BCUT2D eigenvalue weighted by Crippen LogP contribution is -2.35. The van der Waals surface area contributed by atoms with Gasteiger partial charge in [0, 0.05) is 6.04 Å². The topological polar surface area (TPSA) is 64.3 Å². The summed E-state index contributed by atoms with van der Waals surface area (Å²) in [6.07, 6.45) is 7.14. The third kappa shape index (κ3) is 3.28. The Morgan fingerprint density at radius 3 is 3.00 bits per heavy atom. The van der Waals surface area contributed by atoms with E-state index in [2.05, 4.69) is 17.5 Å². The van der Waals surface area contributed by atoms with Crippen molar-refractivity contribution in [2.45, 2.75) is 32.2 Å². The maximum Gasteiger partial charge on any atom is 0.255 e. The third-order valence-corrected chi connectivity index (χ3v) is 3.18. The molecule has 0 spiro atoms. The van der Waals surface area contributed by atoms with E-state index in [4.69, 9.17) is 10.5 Å². The highest BCUT2D eigenvalue weighted by molar-refractivity contribution is 5.98. The van der Waals surface area contributed by atoms with Crippen molar-refractivity contribution in [2.24, 2.45) is 0 Å². The highest BCUT2D eigenvalue weighted by Gasteiger charge is 2.18. The van der Waals surface area contributed by atoms with Crippen LogP contribution in [-0.2, 0) is 0 Å². The molecule has 0 heterocycles. The summed E-state index contributed by atoms with van der Waals surface area (Å²) in [4.78, 5) is 12.3. The number of rotatable bonds is 4. The number of amides is 1. The average molecular weight is 260 g/mol. The SMILES string of the molecule is CCOc1c(N)cccc1C(=O)NC1CC=CCC1. The molecule has 1 aromatic carbocycles. The second kappa shape index (κ2) is 6.27. The lowest BCUT2D eigenvalue weighted by atomic mass is 10.0. The number of nitrogens with two attached hydrogens (primary N) is 1. The smallest absolute Gasteiger partial charge is 0.255 e. The fourth-order valence-corrected chi connectivity index (χ4v) is 2.23. The Morgan fingerprint density at radius 1 is 1.47 bits per heavy atom. The Kier molecular flexibility index (Phi) is 4.44. The van der Waals surface area contributed by atoms with Gasteiger partial charge in [0.2, 0.25) is 0 Å². The molecule has 1 unspecified atom stereocenters. The summed E-state index contributed by atoms with van der Waals surface area (Å²) in [5.41, 5.74) is 6.87. The zero-order chi connectivity index (χ0) is 13.7. The zero-order valence-corrected chi connectivity index (χ0v) is 11.2. The van der Waals surface area contributed by atoms with Gasteiger partial charge in [-0.05, 0) is 38.3 Å². The van der Waals surface area contributed by atoms with Gasteiger partial charge in [-0.1, -0.05) is 18.2 Å². The maximum atomic E-state index is 12.3. The van der Waals surface area contributed by atoms with Gasteiger partial charge in [-0.15, -0.1) is 0 Å². The molecular weight excluding hydrogens is 240 g/mol. The summed E-state index contributed by atoms with van der Waals surface area (Å²) in [5, 5.41) is 3.04. The predicted octanol–water partition coefficient (Wildman–Crippen LogP) is 2.51. The molecule has 102 valence electrons. The van der Waals surface area contributed by atoms with Crippen LogP contribution in [0.3, 0.4) is 0 Å². The molecule has 1 atom stereocenters. The summed E-state index contributed by atoms with van der Waals surface area (Å²) in [6.45, 7) is 2.36. The number of hydrogen-bond donors (Lipinski definition) is 2. The van der Waals surface area contributed by atoms with Gasteiger partial charge in [0.05, 0.1) is 17.9 Å². The molecule has 3 N–H and O–H groups in total. The summed E-state index contributed by atoms with van der Waals surface area (Å²) in [6, 6.07) is 5.46. The number of anilines is 1. The van der Waals surface area contributed by atoms with Gasteiger partial charge in [-0.2, -0.15) is 0 Å². The Balaban J connectivity index is 2.14. The first kappa shape index (κ1) is 13.5. The molecule has 1 aromatic rings. The summed E-state index contributed by atoms with van der Waals surface area (Å²) < 4.78 is 5.48. The molecule has 2 rings (SSSR count). The number of hydrogen-bond acceptors (Lipinski definition) is 3. The molecule has 0 aromatic heterocycles. The molecule has 0 saturated carbocycles. The highest BCUT2D eigenvalue weighted by Crippen LogP contribution is 2.26. The minimum absolute atomic E-state index is 0.115. The van der Waals surface area contributed by atoms with Crippen molar-refractivity contribution in [3.8, 4) is 5.75 Å². The van der Waals surface area contributed by atoms with E-state index in [1.165, 1.54) is 0 Å². The van der Waals surface area contributed by atoms with Crippen LogP contribution in [0.4, 0.5) is 5.69 Å². The third-order valence-electron chi connectivity index (χ3n) is 3.18. The fourth-order valence-electron chi connectivity index (χ4n) is 2.23. The van der Waals surface area contributed by atoms with Crippen LogP contribution in [0.1, 0.15) is 36.5 Å². The lowest BCUT2D eigenvalue weighted by Gasteiger charge is -2.20. The van der Waals surface area contributed by atoms with E-state index in [0.717, 1.165) is 19.3 Å². The molecule has 19 heavy (non-hydrogen) atoms. The van der Waals surface area contributed by atoms with E-state index in [1.807, 2.05) is 6.92 Å². The Bertz CT molecular complexity index is 483. The van der Waals surface area contributed by atoms with Crippen LogP contribution in [0.15, 0.2) is 30.4 Å². The normalized spacial score (nSPS) is 18.1. The summed E-state index contributed by atoms with van der Waals surface area (Å²) >= 11 is 0.